The molecule has 1 aliphatic heterocycles. The van der Waals surface area contributed by atoms with Gasteiger partial charge in [-0.25, -0.2) is 0 Å². The molecule has 0 amide bonds. The third kappa shape index (κ3) is 4.18. The maximum absolute atomic E-state index is 5.16. The molecule has 1 aromatic rings. The standard InChI is InChI=1S/C14H27N5O/c1-11(10-20-3)8-13-16-14(18-17-13)19-6-4-12(5-7-19)9-15-2/h11-12,15H,4-10H2,1-3H3,(H,16,17,18). The van der Waals surface area contributed by atoms with E-state index in [4.69, 9.17) is 4.74 Å². The number of H-pyrrole nitrogens is 1. The van der Waals surface area contributed by atoms with Gasteiger partial charge in [0.1, 0.15) is 5.82 Å². The van der Waals surface area contributed by atoms with Gasteiger partial charge in [-0.05, 0) is 38.3 Å². The number of rotatable bonds is 7. The van der Waals surface area contributed by atoms with Crippen LogP contribution < -0.4 is 10.2 Å². The zero-order valence-corrected chi connectivity index (χ0v) is 12.9. The molecule has 2 rings (SSSR count). The smallest absolute Gasteiger partial charge is 0.244 e. The van der Waals surface area contributed by atoms with Crippen molar-refractivity contribution in [2.75, 3.05) is 45.3 Å². The molecule has 1 fully saturated rings. The van der Waals surface area contributed by atoms with Gasteiger partial charge in [0.2, 0.25) is 5.95 Å². The van der Waals surface area contributed by atoms with Crippen LogP contribution >= 0.6 is 0 Å². The van der Waals surface area contributed by atoms with E-state index in [1.165, 1.54) is 12.8 Å². The lowest BCUT2D eigenvalue weighted by Crippen LogP contribution is -2.37. The Labute approximate surface area is 121 Å². The number of anilines is 1. The first kappa shape index (κ1) is 15.3. The van der Waals surface area contributed by atoms with Gasteiger partial charge < -0.3 is 15.0 Å². The van der Waals surface area contributed by atoms with Gasteiger partial charge in [0.05, 0.1) is 0 Å². The fraction of sp³-hybridized carbons (Fsp3) is 0.857. The Morgan fingerprint density at radius 1 is 1.45 bits per heavy atom. The second-order valence-electron chi connectivity index (χ2n) is 5.83. The van der Waals surface area contributed by atoms with Crippen molar-refractivity contribution in [3.05, 3.63) is 5.82 Å². The summed E-state index contributed by atoms with van der Waals surface area (Å²) in [6, 6.07) is 0. The molecule has 0 radical (unpaired) electrons. The molecule has 0 bridgehead atoms. The lowest BCUT2D eigenvalue weighted by molar-refractivity contribution is 0.159. The zero-order valence-electron chi connectivity index (χ0n) is 12.9. The number of nitrogens with one attached hydrogen (secondary N) is 2. The van der Waals surface area contributed by atoms with Gasteiger partial charge in [-0.3, -0.25) is 5.10 Å². The van der Waals surface area contributed by atoms with E-state index in [1.54, 1.807) is 7.11 Å². The molecule has 6 heteroatoms. The highest BCUT2D eigenvalue weighted by atomic mass is 16.5. The van der Waals surface area contributed by atoms with Crippen LogP contribution in [0, 0.1) is 11.8 Å². The quantitative estimate of drug-likeness (QED) is 0.782. The van der Waals surface area contributed by atoms with Crippen LogP contribution in [0.2, 0.25) is 0 Å². The van der Waals surface area contributed by atoms with Crippen molar-refractivity contribution in [2.45, 2.75) is 26.2 Å². The lowest BCUT2D eigenvalue weighted by atomic mass is 9.97. The third-order valence-corrected chi connectivity index (χ3v) is 3.90. The first-order chi connectivity index (χ1) is 9.72. The number of hydrogen-bond donors (Lipinski definition) is 2. The van der Waals surface area contributed by atoms with Gasteiger partial charge in [-0.2, -0.15) is 4.98 Å². The predicted octanol–water partition coefficient (Wildman–Crippen LogP) is 1.07. The minimum Gasteiger partial charge on any atom is -0.384 e. The van der Waals surface area contributed by atoms with E-state index in [1.807, 2.05) is 7.05 Å². The molecule has 1 aromatic heterocycles. The Morgan fingerprint density at radius 2 is 2.20 bits per heavy atom. The Morgan fingerprint density at radius 3 is 2.85 bits per heavy atom. The first-order valence-electron chi connectivity index (χ1n) is 7.52. The topological polar surface area (TPSA) is 66.1 Å². The summed E-state index contributed by atoms with van der Waals surface area (Å²) in [5.74, 6) is 3.06. The SMILES string of the molecule is CNCC1CCN(c2n[nH]c(CC(C)COC)n2)CC1. The van der Waals surface area contributed by atoms with Crippen LogP contribution in [0.3, 0.4) is 0 Å². The van der Waals surface area contributed by atoms with Crippen LogP contribution in [-0.2, 0) is 11.2 Å². The molecule has 0 aromatic carbocycles. The number of aromatic amines is 1. The van der Waals surface area contributed by atoms with Gasteiger partial charge in [-0.15, -0.1) is 5.10 Å². The van der Waals surface area contributed by atoms with Gasteiger partial charge >= 0.3 is 0 Å². The predicted molar refractivity (Wildman–Crippen MR) is 80.0 cm³/mol. The molecule has 1 unspecified atom stereocenters. The van der Waals surface area contributed by atoms with Gasteiger partial charge in [0.15, 0.2) is 0 Å². The third-order valence-electron chi connectivity index (χ3n) is 3.90. The van der Waals surface area contributed by atoms with Crippen molar-refractivity contribution < 1.29 is 4.74 Å². The summed E-state index contributed by atoms with van der Waals surface area (Å²) in [7, 11) is 3.76. The molecule has 1 aliphatic rings. The van der Waals surface area contributed by atoms with Crippen LogP contribution in [-0.4, -0.2) is 55.6 Å². The van der Waals surface area contributed by atoms with Crippen molar-refractivity contribution in [1.82, 2.24) is 20.5 Å². The molecule has 20 heavy (non-hydrogen) atoms. The van der Waals surface area contributed by atoms with Crippen LogP contribution in [0.1, 0.15) is 25.6 Å². The molecule has 114 valence electrons. The lowest BCUT2D eigenvalue weighted by Gasteiger charge is -2.30. The monoisotopic (exact) mass is 281 g/mol. The molecular weight excluding hydrogens is 254 g/mol. The van der Waals surface area contributed by atoms with Crippen molar-refractivity contribution in [3.8, 4) is 0 Å². The number of nitrogens with zero attached hydrogens (tertiary/aromatic N) is 3. The summed E-state index contributed by atoms with van der Waals surface area (Å²) < 4.78 is 5.16. The highest BCUT2D eigenvalue weighted by Gasteiger charge is 2.21. The van der Waals surface area contributed by atoms with Crippen LogP contribution in [0.5, 0.6) is 0 Å². The van der Waals surface area contributed by atoms with Crippen molar-refractivity contribution in [1.29, 1.82) is 0 Å². The summed E-state index contributed by atoms with van der Waals surface area (Å²) >= 11 is 0. The van der Waals surface area contributed by atoms with E-state index in [2.05, 4.69) is 32.3 Å². The van der Waals surface area contributed by atoms with Crippen molar-refractivity contribution in [3.63, 3.8) is 0 Å². The molecule has 0 aliphatic carbocycles. The van der Waals surface area contributed by atoms with Crippen LogP contribution in [0.25, 0.3) is 0 Å². The van der Waals surface area contributed by atoms with Crippen molar-refractivity contribution >= 4 is 5.95 Å². The minimum atomic E-state index is 0.460. The van der Waals surface area contributed by atoms with E-state index in [0.717, 1.165) is 50.4 Å². The molecular formula is C14H27N5O. The van der Waals surface area contributed by atoms with E-state index < -0.39 is 0 Å². The van der Waals surface area contributed by atoms with E-state index in [9.17, 15) is 0 Å². The second kappa shape index (κ2) is 7.59. The Bertz CT molecular complexity index is 387. The summed E-state index contributed by atoms with van der Waals surface area (Å²) in [4.78, 5) is 6.90. The first-order valence-corrected chi connectivity index (χ1v) is 7.52. The second-order valence-corrected chi connectivity index (χ2v) is 5.83. The van der Waals surface area contributed by atoms with Crippen LogP contribution in [0.15, 0.2) is 0 Å². The largest absolute Gasteiger partial charge is 0.384 e. The Kier molecular flexibility index (Phi) is 5.79. The fourth-order valence-electron chi connectivity index (χ4n) is 2.82. The molecule has 0 saturated carbocycles. The summed E-state index contributed by atoms with van der Waals surface area (Å²) in [6.45, 7) is 6.14. The van der Waals surface area contributed by atoms with E-state index >= 15 is 0 Å². The molecule has 6 nitrogen and oxygen atoms in total. The van der Waals surface area contributed by atoms with Gasteiger partial charge in [-0.1, -0.05) is 6.92 Å². The maximum atomic E-state index is 5.16. The Balaban J connectivity index is 1.83. The average molecular weight is 281 g/mol. The zero-order chi connectivity index (χ0) is 14.4. The highest BCUT2D eigenvalue weighted by Crippen LogP contribution is 2.20. The summed E-state index contributed by atoms with van der Waals surface area (Å²) in [5.41, 5.74) is 0. The number of aromatic nitrogens is 3. The summed E-state index contributed by atoms with van der Waals surface area (Å²) in [6.07, 6.45) is 3.31. The molecule has 2 heterocycles. The molecule has 2 N–H and O–H groups in total. The fourth-order valence-corrected chi connectivity index (χ4v) is 2.82. The highest BCUT2D eigenvalue weighted by molar-refractivity contribution is 5.29. The Hall–Kier alpha value is -1.14. The molecule has 1 atom stereocenters. The minimum absolute atomic E-state index is 0.460. The van der Waals surface area contributed by atoms with E-state index in [-0.39, 0.29) is 0 Å². The van der Waals surface area contributed by atoms with Crippen LogP contribution in [0.4, 0.5) is 5.95 Å². The van der Waals surface area contributed by atoms with Gasteiger partial charge in [0, 0.05) is 33.2 Å². The number of methoxy groups -OCH3 is 1. The number of hydrogen-bond acceptors (Lipinski definition) is 5. The normalized spacial score (nSPS) is 18.4. The number of piperidine rings is 1. The van der Waals surface area contributed by atoms with E-state index in [0.29, 0.717) is 5.92 Å². The van der Waals surface area contributed by atoms with Gasteiger partial charge in [0.25, 0.3) is 0 Å². The molecule has 0 spiro atoms. The van der Waals surface area contributed by atoms with Crippen molar-refractivity contribution in [2.24, 2.45) is 11.8 Å². The summed E-state index contributed by atoms with van der Waals surface area (Å²) in [5, 5.41) is 10.7. The average Bonchev–Trinajstić information content (AvgIpc) is 2.88. The maximum Gasteiger partial charge on any atom is 0.244 e. The molecule has 1 saturated heterocycles. The number of ether oxygens (including phenoxy) is 1.